The first-order chi connectivity index (χ1) is 11.9. The summed E-state index contributed by atoms with van der Waals surface area (Å²) in [5.41, 5.74) is 6.08. The van der Waals surface area contributed by atoms with Gasteiger partial charge in [-0.05, 0) is 43.5 Å². The summed E-state index contributed by atoms with van der Waals surface area (Å²) in [6.45, 7) is -0.000369. The Bertz CT molecular complexity index is 741. The van der Waals surface area contributed by atoms with Crippen LogP contribution in [0.5, 0.6) is 0 Å². The van der Waals surface area contributed by atoms with Crippen molar-refractivity contribution in [3.63, 3.8) is 0 Å². The van der Waals surface area contributed by atoms with Crippen LogP contribution in [0.3, 0.4) is 0 Å². The Morgan fingerprint density at radius 2 is 2.04 bits per heavy atom. The number of hydrogen-bond donors (Lipinski definition) is 3. The minimum Gasteiger partial charge on any atom is -0.468 e. The summed E-state index contributed by atoms with van der Waals surface area (Å²) in [5, 5.41) is 2.76. The fourth-order valence-corrected chi connectivity index (χ4v) is 3.96. The number of sulfonamides is 1. The molecule has 0 saturated heterocycles. The predicted octanol–water partition coefficient (Wildman–Crippen LogP) is 0.873. The summed E-state index contributed by atoms with van der Waals surface area (Å²) in [5.74, 6) is -0.830. The van der Waals surface area contributed by atoms with Gasteiger partial charge in [-0.25, -0.2) is 8.42 Å². The lowest BCUT2D eigenvalue weighted by Crippen LogP contribution is -2.31. The zero-order chi connectivity index (χ0) is 18.4. The Labute approximate surface area is 159 Å². The molecule has 1 saturated carbocycles. The van der Waals surface area contributed by atoms with Crippen LogP contribution in [0.15, 0.2) is 29.2 Å². The van der Waals surface area contributed by atoms with E-state index in [0.29, 0.717) is 12.2 Å². The van der Waals surface area contributed by atoms with Gasteiger partial charge in [-0.15, -0.1) is 12.4 Å². The number of nitrogens with two attached hydrogens (primary N) is 1. The number of methoxy groups -OCH3 is 1. The third-order valence-corrected chi connectivity index (χ3v) is 5.74. The Balaban J connectivity index is 0.00000338. The molecule has 0 bridgehead atoms. The number of esters is 1. The number of halogens is 1. The lowest BCUT2D eigenvalue weighted by molar-refractivity contribution is -0.139. The number of hydrogen-bond acceptors (Lipinski definition) is 6. The largest absolute Gasteiger partial charge is 0.468 e. The summed E-state index contributed by atoms with van der Waals surface area (Å²) in [4.78, 5) is 23.5. The summed E-state index contributed by atoms with van der Waals surface area (Å²) in [6, 6.07) is 5.87. The molecular weight excluding hydrogens is 382 g/mol. The zero-order valence-corrected chi connectivity index (χ0v) is 16.1. The molecule has 0 aromatic heterocycles. The third-order valence-electron chi connectivity index (χ3n) is 4.34. The van der Waals surface area contributed by atoms with E-state index in [0.717, 1.165) is 19.3 Å². The van der Waals surface area contributed by atoms with E-state index in [1.54, 1.807) is 6.07 Å². The first-order valence-corrected chi connectivity index (χ1v) is 9.53. The van der Waals surface area contributed by atoms with Crippen molar-refractivity contribution in [2.24, 2.45) is 17.6 Å². The van der Waals surface area contributed by atoms with Crippen LogP contribution in [0.4, 0.5) is 5.69 Å². The Kier molecular flexibility index (Phi) is 8.48. The molecule has 0 unspecified atom stereocenters. The van der Waals surface area contributed by atoms with Gasteiger partial charge < -0.3 is 15.8 Å². The average molecular weight is 406 g/mol. The summed E-state index contributed by atoms with van der Waals surface area (Å²) >= 11 is 0. The van der Waals surface area contributed by atoms with Gasteiger partial charge in [-0.2, -0.15) is 4.72 Å². The van der Waals surface area contributed by atoms with Crippen molar-refractivity contribution in [3.05, 3.63) is 24.3 Å². The summed E-state index contributed by atoms with van der Waals surface area (Å²) < 4.78 is 30.9. The quantitative estimate of drug-likeness (QED) is 0.577. The standard InChI is InChI=1S/C16H23N3O5S.ClH/c1-24-15(20)10-18-25(22,23)13-6-3-5-12(8-13)19-16(21)14-7-2-4-11(14)9-17;/h3,5-6,8,11,14,18H,2,4,7,9-10,17H2,1H3,(H,19,21);1H/t11-,14-;/m1./s1. The number of carbonyl (C=O) groups excluding carboxylic acids is 2. The molecule has 2 rings (SSSR count). The number of rotatable bonds is 7. The van der Waals surface area contributed by atoms with Crippen LogP contribution in [0.1, 0.15) is 19.3 Å². The number of ether oxygens (including phenoxy) is 1. The second-order valence-corrected chi connectivity index (χ2v) is 7.72. The van der Waals surface area contributed by atoms with Crippen molar-refractivity contribution >= 4 is 40.0 Å². The molecule has 1 fully saturated rings. The number of carbonyl (C=O) groups is 2. The molecule has 8 nitrogen and oxygen atoms in total. The highest BCUT2D eigenvalue weighted by Crippen LogP contribution is 2.32. The van der Waals surface area contributed by atoms with E-state index in [9.17, 15) is 18.0 Å². The highest BCUT2D eigenvalue weighted by Gasteiger charge is 2.32. The topological polar surface area (TPSA) is 128 Å². The van der Waals surface area contributed by atoms with Gasteiger partial charge in [0.15, 0.2) is 0 Å². The van der Waals surface area contributed by atoms with Gasteiger partial charge in [0.25, 0.3) is 0 Å². The lowest BCUT2D eigenvalue weighted by Gasteiger charge is -2.17. The summed E-state index contributed by atoms with van der Waals surface area (Å²) in [6.07, 6.45) is 2.68. The van der Waals surface area contributed by atoms with Crippen LogP contribution in [0.2, 0.25) is 0 Å². The molecule has 0 heterocycles. The SMILES string of the molecule is COC(=O)CNS(=O)(=O)c1cccc(NC(=O)[C@@H]2CCC[C@@H]2CN)c1.Cl. The first kappa shape index (κ1) is 22.4. The number of amides is 1. The molecule has 2 atom stereocenters. The van der Waals surface area contributed by atoms with Crippen molar-refractivity contribution in [3.8, 4) is 0 Å². The Hall–Kier alpha value is -1.68. The molecule has 0 radical (unpaired) electrons. The number of anilines is 1. The van der Waals surface area contributed by atoms with Crippen molar-refractivity contribution in [1.82, 2.24) is 4.72 Å². The molecule has 1 aliphatic rings. The van der Waals surface area contributed by atoms with Gasteiger partial charge in [0.2, 0.25) is 15.9 Å². The lowest BCUT2D eigenvalue weighted by atomic mass is 9.95. The molecule has 1 aromatic rings. The molecule has 4 N–H and O–H groups in total. The zero-order valence-electron chi connectivity index (χ0n) is 14.4. The Morgan fingerprint density at radius 1 is 1.31 bits per heavy atom. The van der Waals surface area contributed by atoms with E-state index in [2.05, 4.69) is 14.8 Å². The van der Waals surface area contributed by atoms with Crippen LogP contribution in [0, 0.1) is 11.8 Å². The van der Waals surface area contributed by atoms with Gasteiger partial charge in [0, 0.05) is 11.6 Å². The fraction of sp³-hybridized carbons (Fsp3) is 0.500. The van der Waals surface area contributed by atoms with Crippen LogP contribution < -0.4 is 15.8 Å². The highest BCUT2D eigenvalue weighted by molar-refractivity contribution is 7.89. The van der Waals surface area contributed by atoms with Crippen molar-refractivity contribution in [2.45, 2.75) is 24.2 Å². The molecule has 26 heavy (non-hydrogen) atoms. The molecule has 146 valence electrons. The van der Waals surface area contributed by atoms with E-state index in [4.69, 9.17) is 5.73 Å². The third kappa shape index (κ3) is 5.66. The van der Waals surface area contributed by atoms with Crippen molar-refractivity contribution in [1.29, 1.82) is 0 Å². The minimum absolute atomic E-state index is 0. The minimum atomic E-state index is -3.88. The maximum absolute atomic E-state index is 12.4. The molecule has 1 aliphatic carbocycles. The number of nitrogens with one attached hydrogen (secondary N) is 2. The van der Waals surface area contributed by atoms with E-state index in [1.165, 1.54) is 25.3 Å². The van der Waals surface area contributed by atoms with Gasteiger partial charge >= 0.3 is 5.97 Å². The van der Waals surface area contributed by atoms with Crippen LogP contribution in [0.25, 0.3) is 0 Å². The molecular formula is C16H24ClN3O5S. The fourth-order valence-electron chi connectivity index (χ4n) is 2.95. The van der Waals surface area contributed by atoms with Gasteiger partial charge in [-0.3, -0.25) is 9.59 Å². The maximum Gasteiger partial charge on any atom is 0.320 e. The molecule has 1 amide bonds. The molecule has 10 heteroatoms. The van der Waals surface area contributed by atoms with Crippen LogP contribution in [-0.4, -0.2) is 40.5 Å². The van der Waals surface area contributed by atoms with E-state index in [-0.39, 0.29) is 35.0 Å². The highest BCUT2D eigenvalue weighted by atomic mass is 35.5. The average Bonchev–Trinajstić information content (AvgIpc) is 3.09. The normalized spacial score (nSPS) is 19.5. The van der Waals surface area contributed by atoms with Crippen LogP contribution >= 0.6 is 12.4 Å². The smallest absolute Gasteiger partial charge is 0.320 e. The van der Waals surface area contributed by atoms with E-state index in [1.807, 2.05) is 0 Å². The van der Waals surface area contributed by atoms with Gasteiger partial charge in [-0.1, -0.05) is 12.5 Å². The first-order valence-electron chi connectivity index (χ1n) is 8.05. The predicted molar refractivity (Wildman–Crippen MR) is 99.4 cm³/mol. The maximum atomic E-state index is 12.4. The molecule has 0 aliphatic heterocycles. The van der Waals surface area contributed by atoms with E-state index >= 15 is 0 Å². The molecule has 0 spiro atoms. The van der Waals surface area contributed by atoms with Gasteiger partial charge in [0.1, 0.15) is 6.54 Å². The second-order valence-electron chi connectivity index (χ2n) is 5.95. The second kappa shape index (κ2) is 9.86. The molecule has 1 aromatic carbocycles. The Morgan fingerprint density at radius 3 is 2.69 bits per heavy atom. The van der Waals surface area contributed by atoms with Crippen molar-refractivity contribution in [2.75, 3.05) is 25.5 Å². The monoisotopic (exact) mass is 405 g/mol. The van der Waals surface area contributed by atoms with Gasteiger partial charge in [0.05, 0.1) is 12.0 Å². The van der Waals surface area contributed by atoms with Crippen LogP contribution in [-0.2, 0) is 24.3 Å². The summed E-state index contributed by atoms with van der Waals surface area (Å²) in [7, 11) is -2.71. The van der Waals surface area contributed by atoms with E-state index < -0.39 is 22.5 Å². The number of benzene rings is 1. The van der Waals surface area contributed by atoms with Crippen molar-refractivity contribution < 1.29 is 22.7 Å².